The van der Waals surface area contributed by atoms with Crippen LogP contribution in [0.15, 0.2) is 48.5 Å². The molecular weight excluding hydrogens is 437 g/mol. The van der Waals surface area contributed by atoms with Gasteiger partial charge in [0.05, 0.1) is 19.1 Å². The number of anilines is 1. The molecule has 0 spiro atoms. The Kier molecular flexibility index (Phi) is 8.59. The Balaban J connectivity index is 2.35. The van der Waals surface area contributed by atoms with E-state index in [2.05, 4.69) is 5.32 Å². The van der Waals surface area contributed by atoms with Gasteiger partial charge in [-0.1, -0.05) is 12.1 Å². The van der Waals surface area contributed by atoms with Crippen LogP contribution in [0.2, 0.25) is 0 Å². The van der Waals surface area contributed by atoms with E-state index in [0.717, 1.165) is 28.3 Å². The van der Waals surface area contributed by atoms with Gasteiger partial charge >= 0.3 is 0 Å². The molecule has 174 valence electrons. The first-order chi connectivity index (χ1) is 15.1. The van der Waals surface area contributed by atoms with Gasteiger partial charge in [-0.2, -0.15) is 0 Å². The summed E-state index contributed by atoms with van der Waals surface area (Å²) in [6, 6.07) is 10.9. The summed E-state index contributed by atoms with van der Waals surface area (Å²) in [7, 11) is -2.31. The number of carbonyl (C=O) groups excluding carboxylic acids is 2. The average molecular weight is 466 g/mol. The van der Waals surface area contributed by atoms with Crippen LogP contribution in [0.25, 0.3) is 0 Å². The molecule has 1 N–H and O–H groups in total. The van der Waals surface area contributed by atoms with Gasteiger partial charge in [0.2, 0.25) is 21.8 Å². The molecule has 0 aliphatic carbocycles. The standard InChI is InChI=1S/C22H28FN3O5S/c1-5-24-22(28)16(2)25(14-17-6-12-20(31-3)13-7-17)21(27)15-26(32(4,29)30)19-10-8-18(23)9-11-19/h6-13,16H,5,14-15H2,1-4H3,(H,24,28)/t16-/m1/s1. The zero-order valence-electron chi connectivity index (χ0n) is 18.5. The zero-order valence-corrected chi connectivity index (χ0v) is 19.4. The third kappa shape index (κ3) is 6.68. The number of sulfonamides is 1. The van der Waals surface area contributed by atoms with Gasteiger partial charge in [0.25, 0.3) is 0 Å². The van der Waals surface area contributed by atoms with Crippen LogP contribution in [-0.4, -0.2) is 57.6 Å². The number of amides is 2. The van der Waals surface area contributed by atoms with Gasteiger partial charge < -0.3 is 15.0 Å². The lowest BCUT2D eigenvalue weighted by Crippen LogP contribution is -2.51. The van der Waals surface area contributed by atoms with Gasteiger partial charge in [0, 0.05) is 13.1 Å². The molecule has 0 aliphatic heterocycles. The SMILES string of the molecule is CCNC(=O)[C@@H](C)N(Cc1ccc(OC)cc1)C(=O)CN(c1ccc(F)cc1)S(C)(=O)=O. The van der Waals surface area contributed by atoms with Gasteiger partial charge in [-0.25, -0.2) is 12.8 Å². The topological polar surface area (TPSA) is 96.0 Å². The van der Waals surface area contributed by atoms with E-state index in [0.29, 0.717) is 12.3 Å². The van der Waals surface area contributed by atoms with Crippen molar-refractivity contribution in [1.29, 1.82) is 0 Å². The summed E-state index contributed by atoms with van der Waals surface area (Å²) in [6.07, 6.45) is 0.963. The Morgan fingerprint density at radius 2 is 1.69 bits per heavy atom. The largest absolute Gasteiger partial charge is 0.497 e. The summed E-state index contributed by atoms with van der Waals surface area (Å²) in [6.45, 7) is 3.28. The van der Waals surface area contributed by atoms with Crippen LogP contribution >= 0.6 is 0 Å². The summed E-state index contributed by atoms with van der Waals surface area (Å²) in [5.74, 6) is -0.821. The highest BCUT2D eigenvalue weighted by Crippen LogP contribution is 2.20. The van der Waals surface area contributed by atoms with E-state index >= 15 is 0 Å². The number of halogens is 1. The molecule has 1 atom stereocenters. The molecule has 0 heterocycles. The molecule has 0 bridgehead atoms. The van der Waals surface area contributed by atoms with E-state index in [9.17, 15) is 22.4 Å². The third-order valence-electron chi connectivity index (χ3n) is 4.82. The van der Waals surface area contributed by atoms with Crippen LogP contribution in [0.1, 0.15) is 19.4 Å². The van der Waals surface area contributed by atoms with Crippen molar-refractivity contribution in [3.8, 4) is 5.75 Å². The molecule has 0 saturated heterocycles. The quantitative estimate of drug-likeness (QED) is 0.580. The van der Waals surface area contributed by atoms with Crippen LogP contribution in [0, 0.1) is 5.82 Å². The van der Waals surface area contributed by atoms with Gasteiger partial charge in [-0.15, -0.1) is 0 Å². The van der Waals surface area contributed by atoms with E-state index < -0.39 is 34.3 Å². The van der Waals surface area contributed by atoms with E-state index in [-0.39, 0.29) is 18.1 Å². The molecule has 2 aromatic rings. The summed E-state index contributed by atoms with van der Waals surface area (Å²) in [5.41, 5.74) is 0.889. The first kappa shape index (κ1) is 25.1. The number of benzene rings is 2. The summed E-state index contributed by atoms with van der Waals surface area (Å²) in [4.78, 5) is 27.0. The second kappa shape index (κ2) is 10.9. The van der Waals surface area contributed by atoms with Gasteiger partial charge in [0.1, 0.15) is 24.2 Å². The monoisotopic (exact) mass is 465 g/mol. The van der Waals surface area contributed by atoms with Crippen LogP contribution in [-0.2, 0) is 26.2 Å². The Morgan fingerprint density at radius 1 is 1.09 bits per heavy atom. The van der Waals surface area contributed by atoms with Crippen molar-refractivity contribution >= 4 is 27.5 Å². The normalized spacial score (nSPS) is 12.0. The highest BCUT2D eigenvalue weighted by Gasteiger charge is 2.29. The number of nitrogens with one attached hydrogen (secondary N) is 1. The number of likely N-dealkylation sites (N-methyl/N-ethyl adjacent to an activating group) is 1. The molecule has 32 heavy (non-hydrogen) atoms. The van der Waals surface area contributed by atoms with Crippen LogP contribution in [0.5, 0.6) is 5.75 Å². The Labute approximate surface area is 188 Å². The Hall–Kier alpha value is -3.14. The average Bonchev–Trinajstić information content (AvgIpc) is 2.75. The second-order valence-corrected chi connectivity index (χ2v) is 9.09. The summed E-state index contributed by atoms with van der Waals surface area (Å²) >= 11 is 0. The molecule has 10 heteroatoms. The van der Waals surface area contributed by atoms with Crippen molar-refractivity contribution in [1.82, 2.24) is 10.2 Å². The van der Waals surface area contributed by atoms with Crippen LogP contribution < -0.4 is 14.4 Å². The van der Waals surface area contributed by atoms with Crippen LogP contribution in [0.3, 0.4) is 0 Å². The molecule has 2 aromatic carbocycles. The summed E-state index contributed by atoms with van der Waals surface area (Å²) in [5, 5.41) is 2.68. The van der Waals surface area contributed by atoms with E-state index in [1.807, 2.05) is 0 Å². The first-order valence-corrected chi connectivity index (χ1v) is 11.8. The van der Waals surface area contributed by atoms with Crippen molar-refractivity contribution in [2.24, 2.45) is 0 Å². The second-order valence-electron chi connectivity index (χ2n) is 7.19. The molecule has 0 aromatic heterocycles. The lowest BCUT2D eigenvalue weighted by Gasteiger charge is -2.31. The van der Waals surface area contributed by atoms with E-state index in [1.165, 1.54) is 24.1 Å². The van der Waals surface area contributed by atoms with E-state index in [1.54, 1.807) is 38.1 Å². The molecule has 8 nitrogen and oxygen atoms in total. The smallest absolute Gasteiger partial charge is 0.244 e. The zero-order chi connectivity index (χ0) is 23.9. The molecule has 0 aliphatic rings. The molecule has 0 saturated carbocycles. The van der Waals surface area contributed by atoms with Crippen molar-refractivity contribution in [2.75, 3.05) is 30.8 Å². The molecule has 2 rings (SSSR count). The highest BCUT2D eigenvalue weighted by atomic mass is 32.2. The lowest BCUT2D eigenvalue weighted by molar-refractivity contribution is -0.139. The van der Waals surface area contributed by atoms with Crippen molar-refractivity contribution in [3.05, 3.63) is 59.9 Å². The predicted molar refractivity (Wildman–Crippen MR) is 120 cm³/mol. The number of rotatable bonds is 10. The predicted octanol–water partition coefficient (Wildman–Crippen LogP) is 2.15. The van der Waals surface area contributed by atoms with Crippen LogP contribution in [0.4, 0.5) is 10.1 Å². The minimum atomic E-state index is -3.85. The fourth-order valence-electron chi connectivity index (χ4n) is 3.05. The third-order valence-corrected chi connectivity index (χ3v) is 5.96. The number of methoxy groups -OCH3 is 1. The molecule has 0 fully saturated rings. The molecule has 0 unspecified atom stereocenters. The minimum Gasteiger partial charge on any atom is -0.497 e. The summed E-state index contributed by atoms with van der Waals surface area (Å²) < 4.78 is 44.1. The molecule has 0 radical (unpaired) electrons. The number of carbonyl (C=O) groups is 2. The maximum absolute atomic E-state index is 13.3. The van der Waals surface area contributed by atoms with Crippen molar-refractivity contribution in [2.45, 2.75) is 26.4 Å². The first-order valence-electron chi connectivity index (χ1n) is 10.00. The van der Waals surface area contributed by atoms with Gasteiger partial charge in [-0.3, -0.25) is 13.9 Å². The molecular formula is C22H28FN3O5S. The number of hydrogen-bond acceptors (Lipinski definition) is 5. The number of hydrogen-bond donors (Lipinski definition) is 1. The van der Waals surface area contributed by atoms with Gasteiger partial charge in [-0.05, 0) is 55.8 Å². The minimum absolute atomic E-state index is 0.0855. The van der Waals surface area contributed by atoms with Crippen molar-refractivity contribution < 1.29 is 27.1 Å². The Bertz CT molecular complexity index is 1030. The fourth-order valence-corrected chi connectivity index (χ4v) is 3.90. The molecule has 2 amide bonds. The number of ether oxygens (including phenoxy) is 1. The fraction of sp³-hybridized carbons (Fsp3) is 0.364. The highest BCUT2D eigenvalue weighted by molar-refractivity contribution is 7.92. The number of nitrogens with zero attached hydrogens (tertiary/aromatic N) is 2. The maximum atomic E-state index is 13.3. The van der Waals surface area contributed by atoms with Crippen molar-refractivity contribution in [3.63, 3.8) is 0 Å². The lowest BCUT2D eigenvalue weighted by atomic mass is 10.1. The maximum Gasteiger partial charge on any atom is 0.244 e. The Morgan fingerprint density at radius 3 is 2.19 bits per heavy atom. The van der Waals surface area contributed by atoms with E-state index in [4.69, 9.17) is 4.74 Å². The van der Waals surface area contributed by atoms with Gasteiger partial charge in [0.15, 0.2) is 0 Å².